The fourth-order valence-electron chi connectivity index (χ4n) is 1.58. The average Bonchev–Trinajstić information content (AvgIpc) is 2.78. The van der Waals surface area contributed by atoms with Crippen LogP contribution >= 0.6 is 0 Å². The van der Waals surface area contributed by atoms with Crippen molar-refractivity contribution in [2.75, 3.05) is 6.61 Å². The van der Waals surface area contributed by atoms with Crippen molar-refractivity contribution >= 4 is 11.5 Å². The number of hydrogen-bond acceptors (Lipinski definition) is 4. The summed E-state index contributed by atoms with van der Waals surface area (Å²) in [6.45, 7) is 3.58. The molecule has 0 saturated heterocycles. The molecule has 0 aromatic carbocycles. The molecule has 0 spiro atoms. The van der Waals surface area contributed by atoms with E-state index in [2.05, 4.69) is 5.10 Å². The van der Waals surface area contributed by atoms with E-state index >= 15 is 0 Å². The Hall–Kier alpha value is -2.11. The smallest absolute Gasteiger partial charge is 0.349 e. The van der Waals surface area contributed by atoms with Crippen LogP contribution in [-0.4, -0.2) is 26.8 Å². The first kappa shape index (κ1) is 11.4. The second-order valence-corrected chi connectivity index (χ2v) is 3.60. The minimum atomic E-state index is -0.728. The molecule has 17 heavy (non-hydrogen) atoms. The lowest BCUT2D eigenvalue weighted by molar-refractivity contribution is -0.147. The number of carbonyl (C=O) groups is 1. The monoisotopic (exact) mass is 235 g/mol. The lowest BCUT2D eigenvalue weighted by atomic mass is 10.3. The molecule has 0 aliphatic heterocycles. The van der Waals surface area contributed by atoms with Crippen molar-refractivity contribution in [2.45, 2.75) is 19.9 Å². The molecule has 2 heterocycles. The zero-order valence-corrected chi connectivity index (χ0v) is 9.66. The highest BCUT2D eigenvalue weighted by molar-refractivity contribution is 5.73. The maximum Gasteiger partial charge on any atom is 0.349 e. The number of fused-ring (bicyclic) bond motifs is 1. The van der Waals surface area contributed by atoms with Crippen LogP contribution in [0.4, 0.5) is 0 Å². The number of ether oxygens (including phenoxy) is 1. The molecular formula is C11H13N3O3. The number of rotatable bonds is 3. The van der Waals surface area contributed by atoms with Gasteiger partial charge in [0.25, 0.3) is 0 Å². The highest BCUT2D eigenvalue weighted by Gasteiger charge is 2.19. The van der Waals surface area contributed by atoms with Gasteiger partial charge in [0.15, 0.2) is 6.04 Å². The summed E-state index contributed by atoms with van der Waals surface area (Å²) < 4.78 is 7.41. The zero-order chi connectivity index (χ0) is 12.4. The van der Waals surface area contributed by atoms with E-state index in [1.165, 1.54) is 10.6 Å². The van der Waals surface area contributed by atoms with Gasteiger partial charge in [0.2, 0.25) is 0 Å². The lowest BCUT2D eigenvalue weighted by Crippen LogP contribution is -2.34. The SMILES string of the molecule is CCOC(=O)C(C)n1ncc2cccn2c1=O. The van der Waals surface area contributed by atoms with Gasteiger partial charge in [0, 0.05) is 6.20 Å². The van der Waals surface area contributed by atoms with Crippen LogP contribution in [0.2, 0.25) is 0 Å². The van der Waals surface area contributed by atoms with Gasteiger partial charge in [-0.1, -0.05) is 0 Å². The van der Waals surface area contributed by atoms with Crippen LogP contribution in [0.5, 0.6) is 0 Å². The predicted molar refractivity (Wildman–Crippen MR) is 60.8 cm³/mol. The number of aromatic nitrogens is 3. The molecule has 6 heteroatoms. The molecule has 0 saturated carbocycles. The second-order valence-electron chi connectivity index (χ2n) is 3.60. The third-order valence-electron chi connectivity index (χ3n) is 2.49. The van der Waals surface area contributed by atoms with E-state index in [-0.39, 0.29) is 12.3 Å². The number of esters is 1. The molecule has 90 valence electrons. The van der Waals surface area contributed by atoms with Gasteiger partial charge in [-0.05, 0) is 26.0 Å². The van der Waals surface area contributed by atoms with E-state index in [1.807, 2.05) is 0 Å². The summed E-state index contributed by atoms with van der Waals surface area (Å²) in [6, 6.07) is 2.79. The fourth-order valence-corrected chi connectivity index (χ4v) is 1.58. The minimum absolute atomic E-state index is 0.281. The van der Waals surface area contributed by atoms with Gasteiger partial charge in [0.1, 0.15) is 0 Å². The molecule has 2 rings (SSSR count). The maximum absolute atomic E-state index is 12.0. The van der Waals surface area contributed by atoms with Crippen LogP contribution < -0.4 is 5.69 Å². The van der Waals surface area contributed by atoms with Crippen molar-refractivity contribution in [3.05, 3.63) is 35.0 Å². The number of carbonyl (C=O) groups excluding carboxylic acids is 1. The average molecular weight is 235 g/mol. The summed E-state index contributed by atoms with van der Waals surface area (Å²) in [6.07, 6.45) is 3.17. The van der Waals surface area contributed by atoms with Gasteiger partial charge in [-0.3, -0.25) is 4.40 Å². The van der Waals surface area contributed by atoms with Crippen molar-refractivity contribution in [1.82, 2.24) is 14.2 Å². The van der Waals surface area contributed by atoms with E-state index in [1.54, 1.807) is 32.2 Å². The van der Waals surface area contributed by atoms with Gasteiger partial charge in [-0.15, -0.1) is 0 Å². The Morgan fingerprint density at radius 1 is 1.59 bits per heavy atom. The van der Waals surface area contributed by atoms with Crippen molar-refractivity contribution in [1.29, 1.82) is 0 Å². The first-order valence-corrected chi connectivity index (χ1v) is 5.36. The summed E-state index contributed by atoms with van der Waals surface area (Å²) in [5.41, 5.74) is 0.343. The molecule has 1 atom stereocenters. The summed E-state index contributed by atoms with van der Waals surface area (Å²) in [5, 5.41) is 3.96. The third kappa shape index (κ3) is 1.93. The van der Waals surface area contributed by atoms with Crippen LogP contribution in [0.15, 0.2) is 29.3 Å². The first-order valence-electron chi connectivity index (χ1n) is 5.36. The molecular weight excluding hydrogens is 222 g/mol. The van der Waals surface area contributed by atoms with Crippen LogP contribution in [-0.2, 0) is 9.53 Å². The van der Waals surface area contributed by atoms with Crippen LogP contribution in [0, 0.1) is 0 Å². The summed E-state index contributed by atoms with van der Waals surface area (Å²) in [5.74, 6) is -0.464. The highest BCUT2D eigenvalue weighted by atomic mass is 16.5. The molecule has 2 aromatic rings. The number of nitrogens with zero attached hydrogens (tertiary/aromatic N) is 3. The van der Waals surface area contributed by atoms with Crippen molar-refractivity contribution in [3.63, 3.8) is 0 Å². The topological polar surface area (TPSA) is 65.6 Å². The Bertz CT molecular complexity index is 599. The molecule has 6 nitrogen and oxygen atoms in total. The normalized spacial score (nSPS) is 12.6. The Morgan fingerprint density at radius 2 is 2.35 bits per heavy atom. The van der Waals surface area contributed by atoms with Crippen LogP contribution in [0.1, 0.15) is 19.9 Å². The highest BCUT2D eigenvalue weighted by Crippen LogP contribution is 2.04. The van der Waals surface area contributed by atoms with Gasteiger partial charge in [-0.25, -0.2) is 14.3 Å². The Morgan fingerprint density at radius 3 is 3.06 bits per heavy atom. The molecule has 0 fully saturated rings. The first-order chi connectivity index (χ1) is 8.15. The molecule has 1 unspecified atom stereocenters. The van der Waals surface area contributed by atoms with Gasteiger partial charge < -0.3 is 4.74 Å². The molecule has 0 amide bonds. The van der Waals surface area contributed by atoms with E-state index in [9.17, 15) is 9.59 Å². The Balaban J connectivity index is 2.45. The van der Waals surface area contributed by atoms with Gasteiger partial charge in [0.05, 0.1) is 18.3 Å². The summed E-state index contributed by atoms with van der Waals surface area (Å²) in [4.78, 5) is 23.5. The minimum Gasteiger partial charge on any atom is -0.464 e. The van der Waals surface area contributed by atoms with Crippen LogP contribution in [0.25, 0.3) is 5.52 Å². The van der Waals surface area contributed by atoms with E-state index < -0.39 is 12.0 Å². The fraction of sp³-hybridized carbons (Fsp3) is 0.364. The summed E-state index contributed by atoms with van der Waals surface area (Å²) >= 11 is 0. The van der Waals surface area contributed by atoms with E-state index in [0.717, 1.165) is 4.68 Å². The van der Waals surface area contributed by atoms with Gasteiger partial charge >= 0.3 is 11.7 Å². The molecule has 0 aliphatic carbocycles. The quantitative estimate of drug-likeness (QED) is 0.731. The van der Waals surface area contributed by atoms with Crippen LogP contribution in [0.3, 0.4) is 0 Å². The van der Waals surface area contributed by atoms with E-state index in [0.29, 0.717) is 5.52 Å². The van der Waals surface area contributed by atoms with Gasteiger partial charge in [-0.2, -0.15) is 5.10 Å². The molecule has 0 aliphatic rings. The molecule has 0 N–H and O–H groups in total. The largest absolute Gasteiger partial charge is 0.464 e. The van der Waals surface area contributed by atoms with Crippen molar-refractivity contribution in [3.8, 4) is 0 Å². The van der Waals surface area contributed by atoms with Crippen molar-refractivity contribution in [2.24, 2.45) is 0 Å². The molecule has 0 radical (unpaired) electrons. The molecule has 2 aromatic heterocycles. The maximum atomic E-state index is 12.0. The van der Waals surface area contributed by atoms with Crippen molar-refractivity contribution < 1.29 is 9.53 Å². The zero-order valence-electron chi connectivity index (χ0n) is 9.66. The predicted octanol–water partition coefficient (Wildman–Crippen LogP) is 0.620. The summed E-state index contributed by atoms with van der Waals surface area (Å²) in [7, 11) is 0. The Kier molecular flexibility index (Phi) is 2.95. The standard InChI is InChI=1S/C11H13N3O3/c1-3-17-10(15)8(2)14-11(16)13-6-4-5-9(13)7-12-14/h4-8H,3H2,1-2H3. The van der Waals surface area contributed by atoms with E-state index in [4.69, 9.17) is 4.74 Å². The molecule has 0 bridgehead atoms. The Labute approximate surface area is 97.4 Å². The number of hydrogen-bond donors (Lipinski definition) is 0. The third-order valence-corrected chi connectivity index (χ3v) is 2.49. The lowest BCUT2D eigenvalue weighted by Gasteiger charge is -2.12. The second kappa shape index (κ2) is 4.40.